The number of hydrogen-bond donors (Lipinski definition) is 0. The lowest BCUT2D eigenvalue weighted by Gasteiger charge is -2.31. The summed E-state index contributed by atoms with van der Waals surface area (Å²) in [5.74, 6) is 1.91. The third-order valence-corrected chi connectivity index (χ3v) is 2.32. The topological polar surface area (TPSA) is 48.2 Å². The first-order chi connectivity index (χ1) is 5.79. The maximum Gasteiger partial charge on any atom is 0.229 e. The average molecular weight is 168 g/mol. The Balaban J connectivity index is 1.96. The van der Waals surface area contributed by atoms with E-state index in [1.54, 1.807) is 7.11 Å². The number of aryl methyl sites for hydroxylation is 1. The Morgan fingerprint density at radius 3 is 2.75 bits per heavy atom. The largest absolute Gasteiger partial charge is 0.381 e. The molecule has 0 atom stereocenters. The first-order valence-corrected chi connectivity index (χ1v) is 4.12. The molecule has 12 heavy (non-hydrogen) atoms. The highest BCUT2D eigenvalue weighted by Gasteiger charge is 2.34. The van der Waals surface area contributed by atoms with Crippen LogP contribution in [0, 0.1) is 6.92 Å². The molecule has 4 heteroatoms. The number of hydrogen-bond acceptors (Lipinski definition) is 4. The summed E-state index contributed by atoms with van der Waals surface area (Å²) in [5, 5.41) is 3.74. The molecular formula is C8H12N2O2. The standard InChI is InChI=1S/C8H12N2O2/c1-5-9-8(12-10-5)6-3-7(4-6)11-2/h6-7H,3-4H2,1-2H3. The SMILES string of the molecule is COC1CC(c2nc(C)no2)C1. The summed E-state index contributed by atoms with van der Waals surface area (Å²) < 4.78 is 10.2. The van der Waals surface area contributed by atoms with E-state index in [9.17, 15) is 0 Å². The number of aromatic nitrogens is 2. The molecule has 2 rings (SSSR count). The summed E-state index contributed by atoms with van der Waals surface area (Å²) in [7, 11) is 1.74. The molecule has 0 spiro atoms. The van der Waals surface area contributed by atoms with E-state index in [0.29, 0.717) is 17.8 Å². The minimum Gasteiger partial charge on any atom is -0.381 e. The fourth-order valence-electron chi connectivity index (χ4n) is 1.44. The van der Waals surface area contributed by atoms with Crippen LogP contribution in [-0.2, 0) is 4.74 Å². The summed E-state index contributed by atoms with van der Waals surface area (Å²) in [6.07, 6.45) is 2.42. The third-order valence-electron chi connectivity index (χ3n) is 2.32. The van der Waals surface area contributed by atoms with E-state index < -0.39 is 0 Å². The first-order valence-electron chi connectivity index (χ1n) is 4.12. The minimum absolute atomic E-state index is 0.391. The van der Waals surface area contributed by atoms with Crippen LogP contribution in [0.1, 0.15) is 30.5 Å². The van der Waals surface area contributed by atoms with Gasteiger partial charge in [-0.1, -0.05) is 5.16 Å². The van der Waals surface area contributed by atoms with Gasteiger partial charge in [0.05, 0.1) is 6.10 Å². The summed E-state index contributed by atoms with van der Waals surface area (Å²) in [6, 6.07) is 0. The van der Waals surface area contributed by atoms with Crippen molar-refractivity contribution in [3.05, 3.63) is 11.7 Å². The predicted octanol–water partition coefficient (Wildman–Crippen LogP) is 1.27. The van der Waals surface area contributed by atoms with Crippen LogP contribution < -0.4 is 0 Å². The van der Waals surface area contributed by atoms with E-state index in [-0.39, 0.29) is 0 Å². The molecule has 0 radical (unpaired) electrons. The Morgan fingerprint density at radius 2 is 2.25 bits per heavy atom. The van der Waals surface area contributed by atoms with Crippen molar-refractivity contribution in [3.63, 3.8) is 0 Å². The van der Waals surface area contributed by atoms with Crippen molar-refractivity contribution in [2.24, 2.45) is 0 Å². The first kappa shape index (κ1) is 7.73. The molecule has 1 aliphatic carbocycles. The normalized spacial score (nSPS) is 28.5. The molecule has 0 unspecified atom stereocenters. The second-order valence-corrected chi connectivity index (χ2v) is 3.21. The highest BCUT2D eigenvalue weighted by molar-refractivity contribution is 5.01. The zero-order chi connectivity index (χ0) is 8.55. The fourth-order valence-corrected chi connectivity index (χ4v) is 1.44. The Bertz CT molecular complexity index is 266. The van der Waals surface area contributed by atoms with Crippen LogP contribution >= 0.6 is 0 Å². The summed E-state index contributed by atoms with van der Waals surface area (Å²) in [6.45, 7) is 1.83. The third kappa shape index (κ3) is 1.22. The van der Waals surface area contributed by atoms with Crippen molar-refractivity contribution in [2.75, 3.05) is 7.11 Å². The van der Waals surface area contributed by atoms with E-state index in [1.807, 2.05) is 6.92 Å². The molecule has 0 saturated heterocycles. The molecule has 1 saturated carbocycles. The molecule has 1 heterocycles. The molecule has 66 valence electrons. The van der Waals surface area contributed by atoms with Gasteiger partial charge in [-0.2, -0.15) is 4.98 Å². The molecule has 1 aromatic heterocycles. The maximum absolute atomic E-state index is 5.15. The number of ether oxygens (including phenoxy) is 1. The second-order valence-electron chi connectivity index (χ2n) is 3.21. The van der Waals surface area contributed by atoms with Gasteiger partial charge in [0.15, 0.2) is 5.82 Å². The summed E-state index contributed by atoms with van der Waals surface area (Å²) in [5.41, 5.74) is 0. The summed E-state index contributed by atoms with van der Waals surface area (Å²) >= 11 is 0. The Morgan fingerprint density at radius 1 is 1.50 bits per heavy atom. The van der Waals surface area contributed by atoms with Crippen molar-refractivity contribution in [1.29, 1.82) is 0 Å². The molecule has 1 fully saturated rings. The van der Waals surface area contributed by atoms with Gasteiger partial charge < -0.3 is 9.26 Å². The van der Waals surface area contributed by atoms with Gasteiger partial charge >= 0.3 is 0 Å². The van der Waals surface area contributed by atoms with Gasteiger partial charge in [0, 0.05) is 13.0 Å². The fraction of sp³-hybridized carbons (Fsp3) is 0.750. The van der Waals surface area contributed by atoms with Crippen LogP contribution in [0.25, 0.3) is 0 Å². The lowest BCUT2D eigenvalue weighted by atomic mass is 9.82. The van der Waals surface area contributed by atoms with Crippen molar-refractivity contribution in [2.45, 2.75) is 31.8 Å². The highest BCUT2D eigenvalue weighted by atomic mass is 16.5. The Hall–Kier alpha value is -0.900. The van der Waals surface area contributed by atoms with Gasteiger partial charge in [0.25, 0.3) is 0 Å². The van der Waals surface area contributed by atoms with Gasteiger partial charge in [-0.05, 0) is 19.8 Å². The van der Waals surface area contributed by atoms with Crippen LogP contribution in [0.5, 0.6) is 0 Å². The quantitative estimate of drug-likeness (QED) is 0.667. The number of rotatable bonds is 2. The van der Waals surface area contributed by atoms with Crippen LogP contribution in [-0.4, -0.2) is 23.4 Å². The van der Waals surface area contributed by atoms with E-state index in [4.69, 9.17) is 9.26 Å². The second kappa shape index (κ2) is 2.86. The smallest absolute Gasteiger partial charge is 0.229 e. The average Bonchev–Trinajstić information content (AvgIpc) is 2.34. The minimum atomic E-state index is 0.391. The monoisotopic (exact) mass is 168 g/mol. The lowest BCUT2D eigenvalue weighted by Crippen LogP contribution is -2.28. The van der Waals surface area contributed by atoms with E-state index in [0.717, 1.165) is 18.7 Å². The van der Waals surface area contributed by atoms with Crippen molar-refractivity contribution in [3.8, 4) is 0 Å². The van der Waals surface area contributed by atoms with E-state index >= 15 is 0 Å². The summed E-state index contributed by atoms with van der Waals surface area (Å²) in [4.78, 5) is 4.17. The lowest BCUT2D eigenvalue weighted by molar-refractivity contribution is 0.0176. The van der Waals surface area contributed by atoms with Gasteiger partial charge in [-0.3, -0.25) is 0 Å². The molecule has 1 aliphatic rings. The number of methoxy groups -OCH3 is 1. The van der Waals surface area contributed by atoms with Crippen molar-refractivity contribution >= 4 is 0 Å². The molecular weight excluding hydrogens is 156 g/mol. The molecule has 0 aliphatic heterocycles. The Labute approximate surface area is 70.9 Å². The zero-order valence-corrected chi connectivity index (χ0v) is 7.28. The van der Waals surface area contributed by atoms with Gasteiger partial charge in [0.1, 0.15) is 0 Å². The Kier molecular flexibility index (Phi) is 1.84. The maximum atomic E-state index is 5.15. The van der Waals surface area contributed by atoms with Crippen molar-refractivity contribution in [1.82, 2.24) is 10.1 Å². The predicted molar refractivity (Wildman–Crippen MR) is 41.8 cm³/mol. The van der Waals surface area contributed by atoms with Gasteiger partial charge in [-0.25, -0.2) is 0 Å². The molecule has 0 amide bonds. The molecule has 4 nitrogen and oxygen atoms in total. The molecule has 1 aromatic rings. The van der Waals surface area contributed by atoms with E-state index in [1.165, 1.54) is 0 Å². The van der Waals surface area contributed by atoms with Crippen LogP contribution in [0.2, 0.25) is 0 Å². The number of nitrogens with zero attached hydrogens (tertiary/aromatic N) is 2. The zero-order valence-electron chi connectivity index (χ0n) is 7.28. The van der Waals surface area contributed by atoms with Gasteiger partial charge in [-0.15, -0.1) is 0 Å². The molecule has 0 aromatic carbocycles. The highest BCUT2D eigenvalue weighted by Crippen LogP contribution is 2.37. The van der Waals surface area contributed by atoms with Crippen LogP contribution in [0.4, 0.5) is 0 Å². The van der Waals surface area contributed by atoms with Gasteiger partial charge in [0.2, 0.25) is 5.89 Å². The van der Waals surface area contributed by atoms with Crippen molar-refractivity contribution < 1.29 is 9.26 Å². The molecule has 0 bridgehead atoms. The van der Waals surface area contributed by atoms with Crippen LogP contribution in [0.3, 0.4) is 0 Å². The van der Waals surface area contributed by atoms with Crippen LogP contribution in [0.15, 0.2) is 4.52 Å². The molecule has 0 N–H and O–H groups in total. The van der Waals surface area contributed by atoms with E-state index in [2.05, 4.69) is 10.1 Å².